The zero-order valence-corrected chi connectivity index (χ0v) is 15.0. The number of amides is 1. The van der Waals surface area contributed by atoms with E-state index in [9.17, 15) is 15.0 Å². The van der Waals surface area contributed by atoms with Crippen molar-refractivity contribution in [3.8, 4) is 11.5 Å². The van der Waals surface area contributed by atoms with E-state index in [2.05, 4.69) is 15.9 Å². The summed E-state index contributed by atoms with van der Waals surface area (Å²) in [5.74, 6) is -0.386. The van der Waals surface area contributed by atoms with Crippen LogP contribution in [-0.4, -0.2) is 21.5 Å². The molecule has 1 heterocycles. The Bertz CT molecular complexity index is 797. The number of carbonyl (C=O) groups is 1. The second-order valence-electron chi connectivity index (χ2n) is 5.48. The van der Waals surface area contributed by atoms with E-state index < -0.39 is 10.9 Å². The average Bonchev–Trinajstić information content (AvgIpc) is 2.52. The molecular weight excluding hydrogens is 405 g/mol. The number of rotatable bonds is 2. The zero-order chi connectivity index (χ0) is 16.9. The van der Waals surface area contributed by atoms with Crippen LogP contribution in [0, 0.1) is 0 Å². The fourth-order valence-corrected chi connectivity index (χ4v) is 3.73. The zero-order valence-electron chi connectivity index (χ0n) is 11.9. The summed E-state index contributed by atoms with van der Waals surface area (Å²) < 4.78 is 0.327. The van der Waals surface area contributed by atoms with Gasteiger partial charge in [-0.2, -0.15) is 0 Å². The molecule has 2 aromatic rings. The lowest BCUT2D eigenvalue weighted by atomic mass is 9.77. The number of hydrogen-bond acceptors (Lipinski definition) is 3. The van der Waals surface area contributed by atoms with E-state index >= 15 is 0 Å². The lowest BCUT2D eigenvalue weighted by molar-refractivity contribution is -0.126. The quantitative estimate of drug-likeness (QED) is 0.433. The first kappa shape index (κ1) is 16.4. The molecule has 0 spiro atoms. The standard InChI is InChI=1S/C16H12BrCl2NO3/c1-16(11-6-10(21)7-12(17)13(11)22)14(19)15(23)20(16)9-4-2-8(18)3-5-9/h2-7,14,21-22H,1H3. The van der Waals surface area contributed by atoms with E-state index in [0.29, 0.717) is 20.7 Å². The van der Waals surface area contributed by atoms with Crippen LogP contribution in [0.15, 0.2) is 40.9 Å². The van der Waals surface area contributed by atoms with Gasteiger partial charge in [0.1, 0.15) is 16.9 Å². The summed E-state index contributed by atoms with van der Waals surface area (Å²) in [6.07, 6.45) is 0. The van der Waals surface area contributed by atoms with Crippen LogP contribution in [0.3, 0.4) is 0 Å². The molecule has 1 aliphatic rings. The van der Waals surface area contributed by atoms with Crippen molar-refractivity contribution in [2.75, 3.05) is 4.90 Å². The number of benzene rings is 2. The number of aromatic hydroxyl groups is 2. The number of halogens is 3. The smallest absolute Gasteiger partial charge is 0.248 e. The summed E-state index contributed by atoms with van der Waals surface area (Å²) in [5.41, 5.74) is -0.0331. The number of β-lactam (4-membered cyclic amide) rings is 1. The van der Waals surface area contributed by atoms with Crippen LogP contribution < -0.4 is 4.90 Å². The van der Waals surface area contributed by atoms with Gasteiger partial charge in [0.25, 0.3) is 0 Å². The predicted octanol–water partition coefficient (Wildman–Crippen LogP) is 4.38. The molecular formula is C16H12BrCl2NO3. The third-order valence-electron chi connectivity index (χ3n) is 4.07. The molecule has 2 unspecified atom stereocenters. The van der Waals surface area contributed by atoms with Crippen molar-refractivity contribution >= 4 is 50.7 Å². The number of anilines is 1. The maximum Gasteiger partial charge on any atom is 0.248 e. The first-order valence-corrected chi connectivity index (χ1v) is 8.33. The van der Waals surface area contributed by atoms with Gasteiger partial charge in [-0.25, -0.2) is 0 Å². The highest BCUT2D eigenvalue weighted by atomic mass is 79.9. The maximum absolute atomic E-state index is 12.3. The molecule has 2 N–H and O–H groups in total. The Hall–Kier alpha value is -1.43. The molecule has 7 heteroatoms. The maximum atomic E-state index is 12.3. The van der Waals surface area contributed by atoms with Crippen molar-refractivity contribution < 1.29 is 15.0 Å². The molecule has 1 amide bonds. The van der Waals surface area contributed by atoms with Crippen LogP contribution in [0.5, 0.6) is 11.5 Å². The molecule has 0 aromatic heterocycles. The molecule has 2 aromatic carbocycles. The number of phenolic OH excluding ortho intramolecular Hbond substituents is 2. The van der Waals surface area contributed by atoms with Crippen LogP contribution in [0.4, 0.5) is 5.69 Å². The monoisotopic (exact) mass is 415 g/mol. The third-order valence-corrected chi connectivity index (χ3v) is 5.54. The second kappa shape index (κ2) is 5.58. The molecule has 2 atom stereocenters. The van der Waals surface area contributed by atoms with Crippen LogP contribution in [-0.2, 0) is 10.3 Å². The summed E-state index contributed by atoms with van der Waals surface area (Å²) in [6, 6.07) is 9.53. The molecule has 0 radical (unpaired) electrons. The average molecular weight is 417 g/mol. The number of alkyl halides is 1. The van der Waals surface area contributed by atoms with E-state index in [1.807, 2.05) is 0 Å². The van der Waals surface area contributed by atoms with Gasteiger partial charge in [-0.15, -0.1) is 11.6 Å². The molecule has 120 valence electrons. The predicted molar refractivity (Wildman–Crippen MR) is 93.4 cm³/mol. The normalized spacial score (nSPS) is 23.7. The molecule has 1 saturated heterocycles. The Kier molecular flexibility index (Phi) is 3.99. The number of carbonyl (C=O) groups excluding carboxylic acids is 1. The Morgan fingerprint density at radius 1 is 1.22 bits per heavy atom. The number of hydrogen-bond donors (Lipinski definition) is 2. The highest BCUT2D eigenvalue weighted by molar-refractivity contribution is 9.10. The van der Waals surface area contributed by atoms with Gasteiger partial charge in [0.05, 0.1) is 10.0 Å². The van der Waals surface area contributed by atoms with E-state index in [1.165, 1.54) is 17.0 Å². The highest BCUT2D eigenvalue weighted by Crippen LogP contribution is 2.52. The van der Waals surface area contributed by atoms with Gasteiger partial charge in [0, 0.05) is 16.3 Å². The van der Waals surface area contributed by atoms with Gasteiger partial charge < -0.3 is 10.2 Å². The molecule has 1 aliphatic heterocycles. The fourth-order valence-electron chi connectivity index (χ4n) is 2.84. The van der Waals surface area contributed by atoms with Crippen LogP contribution in [0.2, 0.25) is 5.02 Å². The molecule has 3 rings (SSSR count). The van der Waals surface area contributed by atoms with Crippen LogP contribution in [0.1, 0.15) is 12.5 Å². The van der Waals surface area contributed by atoms with Crippen molar-refractivity contribution in [1.82, 2.24) is 0 Å². The lowest BCUT2D eigenvalue weighted by Gasteiger charge is -2.53. The fraction of sp³-hybridized carbons (Fsp3) is 0.188. The Labute approximate surface area is 151 Å². The van der Waals surface area contributed by atoms with Crippen molar-refractivity contribution in [2.24, 2.45) is 0 Å². The SMILES string of the molecule is CC1(c2cc(O)cc(Br)c2O)C(Cl)C(=O)N1c1ccc(Cl)cc1. The largest absolute Gasteiger partial charge is 0.508 e. The minimum Gasteiger partial charge on any atom is -0.508 e. The van der Waals surface area contributed by atoms with Crippen molar-refractivity contribution in [1.29, 1.82) is 0 Å². The van der Waals surface area contributed by atoms with Crippen molar-refractivity contribution in [2.45, 2.75) is 17.8 Å². The number of phenols is 2. The minimum absolute atomic E-state index is 0.0369. The topological polar surface area (TPSA) is 60.8 Å². The van der Waals surface area contributed by atoms with Crippen molar-refractivity contribution in [3.63, 3.8) is 0 Å². The lowest BCUT2D eigenvalue weighted by Crippen LogP contribution is -2.69. The van der Waals surface area contributed by atoms with Crippen molar-refractivity contribution in [3.05, 3.63) is 51.5 Å². The van der Waals surface area contributed by atoms with Crippen LogP contribution >= 0.6 is 39.1 Å². The summed E-state index contributed by atoms with van der Waals surface area (Å²) in [4.78, 5) is 13.8. The van der Waals surface area contributed by atoms with Gasteiger partial charge in [-0.1, -0.05) is 11.6 Å². The molecule has 0 saturated carbocycles. The van der Waals surface area contributed by atoms with Gasteiger partial charge >= 0.3 is 0 Å². The van der Waals surface area contributed by atoms with E-state index in [1.54, 1.807) is 31.2 Å². The van der Waals surface area contributed by atoms with Gasteiger partial charge in [0.15, 0.2) is 0 Å². The van der Waals surface area contributed by atoms with E-state index in [-0.39, 0.29) is 17.4 Å². The summed E-state index contributed by atoms with van der Waals surface area (Å²) >= 11 is 15.3. The summed E-state index contributed by atoms with van der Waals surface area (Å²) in [6.45, 7) is 1.74. The first-order valence-electron chi connectivity index (χ1n) is 6.72. The van der Waals surface area contributed by atoms with Gasteiger partial charge in [-0.3, -0.25) is 9.69 Å². The third kappa shape index (κ3) is 2.38. The summed E-state index contributed by atoms with van der Waals surface area (Å²) in [7, 11) is 0. The molecule has 0 bridgehead atoms. The molecule has 1 fully saturated rings. The first-order chi connectivity index (χ1) is 10.8. The Morgan fingerprint density at radius 3 is 2.43 bits per heavy atom. The van der Waals surface area contributed by atoms with Crippen LogP contribution in [0.25, 0.3) is 0 Å². The molecule has 4 nitrogen and oxygen atoms in total. The Morgan fingerprint density at radius 2 is 1.83 bits per heavy atom. The van der Waals surface area contributed by atoms with E-state index in [4.69, 9.17) is 23.2 Å². The number of nitrogens with zero attached hydrogens (tertiary/aromatic N) is 1. The molecule has 23 heavy (non-hydrogen) atoms. The highest BCUT2D eigenvalue weighted by Gasteiger charge is 2.59. The Balaban J connectivity index is 2.15. The second-order valence-corrected chi connectivity index (χ2v) is 7.21. The molecule has 0 aliphatic carbocycles. The van der Waals surface area contributed by atoms with E-state index in [0.717, 1.165) is 0 Å². The summed E-state index contributed by atoms with van der Waals surface area (Å²) in [5, 5.41) is 19.9. The van der Waals surface area contributed by atoms with Gasteiger partial charge in [-0.05, 0) is 59.3 Å². The minimum atomic E-state index is -1.00. The van der Waals surface area contributed by atoms with Gasteiger partial charge in [0.2, 0.25) is 5.91 Å².